The highest BCUT2D eigenvalue weighted by Crippen LogP contribution is 2.21. The molecule has 0 aliphatic heterocycles. The van der Waals surface area contributed by atoms with Gasteiger partial charge in [-0.1, -0.05) is 37.6 Å². The molecule has 2 unspecified atom stereocenters. The Morgan fingerprint density at radius 1 is 0.889 bits per heavy atom. The van der Waals surface area contributed by atoms with E-state index in [0.717, 1.165) is 17.1 Å². The first kappa shape index (κ1) is 21.1. The van der Waals surface area contributed by atoms with Gasteiger partial charge in [0, 0.05) is 10.9 Å². The normalized spacial score (nSPS) is 13.1. The standard InChI is InChI=1S/C22H27ClO4/c1-15(2)27-22(24)17(4)16(3)13-25-20-9-11-21(12-10-20)26-14-18-5-7-19(23)8-6-18/h5-12,15-17H,13-14H2,1-4H3. The molecule has 0 radical (unpaired) electrons. The van der Waals surface area contributed by atoms with Crippen molar-refractivity contribution in [1.82, 2.24) is 0 Å². The Hall–Kier alpha value is -2.20. The maximum atomic E-state index is 12.0. The zero-order valence-corrected chi connectivity index (χ0v) is 17.0. The van der Waals surface area contributed by atoms with Crippen LogP contribution in [0.5, 0.6) is 11.5 Å². The smallest absolute Gasteiger partial charge is 0.309 e. The minimum Gasteiger partial charge on any atom is -0.493 e. The molecule has 0 bridgehead atoms. The molecule has 0 amide bonds. The molecule has 5 heteroatoms. The lowest BCUT2D eigenvalue weighted by Crippen LogP contribution is -2.27. The van der Waals surface area contributed by atoms with Gasteiger partial charge in [0.1, 0.15) is 18.1 Å². The van der Waals surface area contributed by atoms with E-state index in [4.69, 9.17) is 25.8 Å². The molecule has 0 fully saturated rings. The fourth-order valence-electron chi connectivity index (χ4n) is 2.32. The quantitative estimate of drug-likeness (QED) is 0.528. The molecular formula is C22H27ClO4. The first-order valence-electron chi connectivity index (χ1n) is 9.15. The lowest BCUT2D eigenvalue weighted by atomic mass is 9.97. The molecule has 0 aliphatic rings. The summed E-state index contributed by atoms with van der Waals surface area (Å²) in [7, 11) is 0. The molecule has 0 saturated heterocycles. The van der Waals surface area contributed by atoms with E-state index in [1.807, 2.05) is 76.2 Å². The van der Waals surface area contributed by atoms with Crippen LogP contribution >= 0.6 is 11.6 Å². The summed E-state index contributed by atoms with van der Waals surface area (Å²) >= 11 is 5.88. The van der Waals surface area contributed by atoms with Gasteiger partial charge in [0.05, 0.1) is 18.6 Å². The third-order valence-electron chi connectivity index (χ3n) is 4.23. The van der Waals surface area contributed by atoms with Crippen molar-refractivity contribution in [2.45, 2.75) is 40.4 Å². The lowest BCUT2D eigenvalue weighted by molar-refractivity contribution is -0.153. The maximum absolute atomic E-state index is 12.0. The van der Waals surface area contributed by atoms with Gasteiger partial charge in [-0.15, -0.1) is 0 Å². The van der Waals surface area contributed by atoms with E-state index in [9.17, 15) is 4.79 Å². The van der Waals surface area contributed by atoms with Crippen LogP contribution in [0.25, 0.3) is 0 Å². The second-order valence-corrected chi connectivity index (χ2v) is 7.39. The molecule has 0 aliphatic carbocycles. The molecule has 2 rings (SSSR count). The molecule has 2 aromatic rings. The maximum Gasteiger partial charge on any atom is 0.309 e. The number of ether oxygens (including phenoxy) is 3. The van der Waals surface area contributed by atoms with E-state index in [-0.39, 0.29) is 23.9 Å². The Morgan fingerprint density at radius 2 is 1.44 bits per heavy atom. The van der Waals surface area contributed by atoms with Crippen LogP contribution in [0.2, 0.25) is 5.02 Å². The van der Waals surface area contributed by atoms with Gasteiger partial charge in [-0.05, 0) is 55.8 Å². The van der Waals surface area contributed by atoms with Gasteiger partial charge in [-0.3, -0.25) is 4.79 Å². The monoisotopic (exact) mass is 390 g/mol. The number of halogens is 1. The molecule has 2 aromatic carbocycles. The Balaban J connectivity index is 1.79. The number of carbonyl (C=O) groups is 1. The SMILES string of the molecule is CC(C)OC(=O)C(C)C(C)COc1ccc(OCc2ccc(Cl)cc2)cc1. The highest BCUT2D eigenvalue weighted by Gasteiger charge is 2.23. The average molecular weight is 391 g/mol. The van der Waals surface area contributed by atoms with Crippen LogP contribution in [-0.2, 0) is 16.1 Å². The zero-order valence-electron chi connectivity index (χ0n) is 16.3. The van der Waals surface area contributed by atoms with Gasteiger partial charge in [-0.25, -0.2) is 0 Å². The summed E-state index contributed by atoms with van der Waals surface area (Å²) in [6, 6.07) is 15.0. The number of hydrogen-bond donors (Lipinski definition) is 0. The Kier molecular flexibility index (Phi) is 7.99. The molecular weight excluding hydrogens is 364 g/mol. The van der Waals surface area contributed by atoms with Crippen LogP contribution in [-0.4, -0.2) is 18.7 Å². The second kappa shape index (κ2) is 10.2. The van der Waals surface area contributed by atoms with Crippen LogP contribution in [0, 0.1) is 11.8 Å². The molecule has 0 aromatic heterocycles. The van der Waals surface area contributed by atoms with Gasteiger partial charge in [0.25, 0.3) is 0 Å². The number of benzene rings is 2. The number of esters is 1. The van der Waals surface area contributed by atoms with E-state index in [0.29, 0.717) is 18.2 Å². The third kappa shape index (κ3) is 7.14. The predicted octanol–water partition coefficient (Wildman–Crippen LogP) is 5.52. The minimum absolute atomic E-state index is 0.0529. The number of hydrogen-bond acceptors (Lipinski definition) is 4. The molecule has 0 saturated carbocycles. The topological polar surface area (TPSA) is 44.8 Å². The largest absolute Gasteiger partial charge is 0.493 e. The molecule has 4 nitrogen and oxygen atoms in total. The second-order valence-electron chi connectivity index (χ2n) is 6.95. The van der Waals surface area contributed by atoms with Gasteiger partial charge in [0.2, 0.25) is 0 Å². The van der Waals surface area contributed by atoms with Crippen molar-refractivity contribution in [2.75, 3.05) is 6.61 Å². The first-order chi connectivity index (χ1) is 12.8. The van der Waals surface area contributed by atoms with E-state index in [2.05, 4.69) is 0 Å². The van der Waals surface area contributed by atoms with E-state index < -0.39 is 0 Å². The fraction of sp³-hybridized carbons (Fsp3) is 0.409. The number of carbonyl (C=O) groups excluding carboxylic acids is 1. The summed E-state index contributed by atoms with van der Waals surface area (Å²) in [5, 5.41) is 0.710. The highest BCUT2D eigenvalue weighted by molar-refractivity contribution is 6.30. The molecule has 27 heavy (non-hydrogen) atoms. The van der Waals surface area contributed by atoms with Crippen LogP contribution in [0.1, 0.15) is 33.3 Å². The summed E-state index contributed by atoms with van der Waals surface area (Å²) < 4.78 is 16.8. The summed E-state index contributed by atoms with van der Waals surface area (Å²) in [6.07, 6.45) is -0.103. The average Bonchev–Trinajstić information content (AvgIpc) is 2.65. The van der Waals surface area contributed by atoms with Gasteiger partial charge < -0.3 is 14.2 Å². The van der Waals surface area contributed by atoms with Crippen LogP contribution < -0.4 is 9.47 Å². The summed E-state index contributed by atoms with van der Waals surface area (Å²) in [6.45, 7) is 8.47. The first-order valence-corrected chi connectivity index (χ1v) is 9.53. The Bertz CT molecular complexity index is 710. The summed E-state index contributed by atoms with van der Waals surface area (Å²) in [5.74, 6) is 1.16. The van der Waals surface area contributed by atoms with Gasteiger partial charge in [0.15, 0.2) is 0 Å². The molecule has 2 atom stereocenters. The Morgan fingerprint density at radius 3 is 2.00 bits per heavy atom. The zero-order chi connectivity index (χ0) is 19.8. The number of rotatable bonds is 9. The van der Waals surface area contributed by atoms with E-state index in [1.54, 1.807) is 0 Å². The molecule has 0 spiro atoms. The van der Waals surface area contributed by atoms with Gasteiger partial charge in [-0.2, -0.15) is 0 Å². The van der Waals surface area contributed by atoms with Crippen LogP contribution in [0.4, 0.5) is 0 Å². The highest BCUT2D eigenvalue weighted by atomic mass is 35.5. The van der Waals surface area contributed by atoms with Crippen LogP contribution in [0.3, 0.4) is 0 Å². The summed E-state index contributed by atoms with van der Waals surface area (Å²) in [4.78, 5) is 12.0. The van der Waals surface area contributed by atoms with Crippen LogP contribution in [0.15, 0.2) is 48.5 Å². The molecule has 146 valence electrons. The van der Waals surface area contributed by atoms with E-state index >= 15 is 0 Å². The molecule has 0 N–H and O–H groups in total. The molecule has 0 heterocycles. The van der Waals surface area contributed by atoms with Crippen molar-refractivity contribution in [1.29, 1.82) is 0 Å². The third-order valence-corrected chi connectivity index (χ3v) is 4.48. The van der Waals surface area contributed by atoms with Gasteiger partial charge >= 0.3 is 5.97 Å². The van der Waals surface area contributed by atoms with Crippen molar-refractivity contribution >= 4 is 17.6 Å². The summed E-state index contributed by atoms with van der Waals surface area (Å²) in [5.41, 5.74) is 1.05. The Labute approximate surface area is 166 Å². The predicted molar refractivity (Wildman–Crippen MR) is 107 cm³/mol. The van der Waals surface area contributed by atoms with Crippen molar-refractivity contribution in [3.63, 3.8) is 0 Å². The van der Waals surface area contributed by atoms with E-state index in [1.165, 1.54) is 0 Å². The minimum atomic E-state index is -0.214. The van der Waals surface area contributed by atoms with Crippen molar-refractivity contribution in [3.8, 4) is 11.5 Å². The van der Waals surface area contributed by atoms with Crippen molar-refractivity contribution in [2.24, 2.45) is 11.8 Å². The lowest BCUT2D eigenvalue weighted by Gasteiger charge is -2.20. The van der Waals surface area contributed by atoms with Crippen molar-refractivity contribution < 1.29 is 19.0 Å². The fourth-order valence-corrected chi connectivity index (χ4v) is 2.45. The van der Waals surface area contributed by atoms with Crippen molar-refractivity contribution in [3.05, 3.63) is 59.1 Å².